The third-order valence-corrected chi connectivity index (χ3v) is 5.32. The van der Waals surface area contributed by atoms with Gasteiger partial charge in [0.25, 0.3) is 0 Å². The minimum atomic E-state index is -3.71. The van der Waals surface area contributed by atoms with E-state index >= 15 is 0 Å². The zero-order chi connectivity index (χ0) is 15.5. The van der Waals surface area contributed by atoms with Gasteiger partial charge in [-0.3, -0.25) is 0 Å². The molecule has 8 heteroatoms. The third-order valence-electron chi connectivity index (χ3n) is 3.37. The van der Waals surface area contributed by atoms with Crippen LogP contribution in [0.2, 0.25) is 0 Å². The summed E-state index contributed by atoms with van der Waals surface area (Å²) >= 11 is 0. The molecule has 0 atom stereocenters. The van der Waals surface area contributed by atoms with Crippen LogP contribution in [0, 0.1) is 11.3 Å². The summed E-state index contributed by atoms with van der Waals surface area (Å²) in [7, 11) is -2.17. The van der Waals surface area contributed by atoms with Gasteiger partial charge in [0, 0.05) is 33.2 Å². The predicted molar refractivity (Wildman–Crippen MR) is 75.9 cm³/mol. The van der Waals surface area contributed by atoms with Crippen LogP contribution in [0.15, 0.2) is 29.2 Å². The Balaban J connectivity index is 2.19. The van der Waals surface area contributed by atoms with Crippen LogP contribution in [0.3, 0.4) is 0 Å². The zero-order valence-electron chi connectivity index (χ0n) is 11.6. The number of amides is 2. The molecule has 7 nitrogen and oxygen atoms in total. The number of sulfonamides is 1. The molecule has 21 heavy (non-hydrogen) atoms. The van der Waals surface area contributed by atoms with E-state index in [-0.39, 0.29) is 29.6 Å². The number of carbonyl (C=O) groups is 1. The van der Waals surface area contributed by atoms with E-state index in [2.05, 4.69) is 5.32 Å². The molecule has 1 aliphatic heterocycles. The lowest BCUT2D eigenvalue weighted by Gasteiger charge is -2.33. The molecule has 0 radical (unpaired) electrons. The Bertz CT molecular complexity index is 673. The molecule has 1 aromatic carbocycles. The van der Waals surface area contributed by atoms with E-state index in [1.807, 2.05) is 6.07 Å². The van der Waals surface area contributed by atoms with Gasteiger partial charge < -0.3 is 10.2 Å². The maximum Gasteiger partial charge on any atom is 0.317 e. The van der Waals surface area contributed by atoms with Gasteiger partial charge in [-0.1, -0.05) is 12.1 Å². The highest BCUT2D eigenvalue weighted by atomic mass is 32.2. The molecule has 0 spiro atoms. The minimum absolute atomic E-state index is 0.0147. The van der Waals surface area contributed by atoms with Crippen LogP contribution in [0.1, 0.15) is 5.56 Å². The van der Waals surface area contributed by atoms with Crippen molar-refractivity contribution in [3.63, 3.8) is 0 Å². The van der Waals surface area contributed by atoms with Crippen molar-refractivity contribution in [3.05, 3.63) is 29.8 Å². The van der Waals surface area contributed by atoms with Gasteiger partial charge in [0.05, 0.1) is 10.5 Å². The van der Waals surface area contributed by atoms with Crippen LogP contribution in [-0.4, -0.2) is 56.9 Å². The number of rotatable bonds is 2. The van der Waals surface area contributed by atoms with E-state index in [9.17, 15) is 13.2 Å². The monoisotopic (exact) mass is 308 g/mol. The first-order chi connectivity index (χ1) is 10.0. The van der Waals surface area contributed by atoms with E-state index in [0.717, 1.165) is 0 Å². The average molecular weight is 308 g/mol. The maximum absolute atomic E-state index is 12.6. The molecule has 112 valence electrons. The fourth-order valence-electron chi connectivity index (χ4n) is 2.21. The summed E-state index contributed by atoms with van der Waals surface area (Å²) < 4.78 is 26.4. The molecule has 0 aromatic heterocycles. The summed E-state index contributed by atoms with van der Waals surface area (Å²) in [6.45, 7) is 1.09. The van der Waals surface area contributed by atoms with E-state index in [1.165, 1.54) is 23.5 Å². The molecule has 0 unspecified atom stereocenters. The quantitative estimate of drug-likeness (QED) is 0.845. The molecule has 1 aliphatic rings. The van der Waals surface area contributed by atoms with Gasteiger partial charge in [0.15, 0.2) is 0 Å². The lowest BCUT2D eigenvalue weighted by Crippen LogP contribution is -2.52. The van der Waals surface area contributed by atoms with Crippen LogP contribution < -0.4 is 5.32 Å². The van der Waals surface area contributed by atoms with Crippen molar-refractivity contribution in [1.29, 1.82) is 5.26 Å². The minimum Gasteiger partial charge on any atom is -0.341 e. The first kappa shape index (κ1) is 15.3. The Hall–Kier alpha value is -2.11. The smallest absolute Gasteiger partial charge is 0.317 e. The number of hydrogen-bond acceptors (Lipinski definition) is 4. The molecule has 1 fully saturated rings. The van der Waals surface area contributed by atoms with Crippen LogP contribution in [0.4, 0.5) is 4.79 Å². The topological polar surface area (TPSA) is 93.5 Å². The molecule has 1 saturated heterocycles. The maximum atomic E-state index is 12.6. The number of nitrogens with zero attached hydrogens (tertiary/aromatic N) is 3. The molecular formula is C13H16N4O3S. The lowest BCUT2D eigenvalue weighted by molar-refractivity contribution is 0.174. The van der Waals surface area contributed by atoms with Gasteiger partial charge >= 0.3 is 6.03 Å². The summed E-state index contributed by atoms with van der Waals surface area (Å²) in [5.74, 6) is 0. The summed E-state index contributed by atoms with van der Waals surface area (Å²) in [5, 5.41) is 11.5. The molecular weight excluding hydrogens is 292 g/mol. The highest BCUT2D eigenvalue weighted by molar-refractivity contribution is 7.89. The van der Waals surface area contributed by atoms with Gasteiger partial charge in [-0.2, -0.15) is 9.57 Å². The Kier molecular flexibility index (Phi) is 4.45. The van der Waals surface area contributed by atoms with E-state index in [0.29, 0.717) is 13.1 Å². The highest BCUT2D eigenvalue weighted by Crippen LogP contribution is 2.20. The number of carbonyl (C=O) groups excluding carboxylic acids is 1. The Morgan fingerprint density at radius 3 is 2.43 bits per heavy atom. The van der Waals surface area contributed by atoms with Crippen molar-refractivity contribution in [2.75, 3.05) is 33.2 Å². The number of urea groups is 1. The normalized spacial score (nSPS) is 16.3. The second kappa shape index (κ2) is 6.11. The Morgan fingerprint density at radius 2 is 1.86 bits per heavy atom. The van der Waals surface area contributed by atoms with Crippen molar-refractivity contribution in [1.82, 2.24) is 14.5 Å². The van der Waals surface area contributed by atoms with Crippen LogP contribution in [-0.2, 0) is 10.0 Å². The summed E-state index contributed by atoms with van der Waals surface area (Å²) in [5.41, 5.74) is 0.131. The SMILES string of the molecule is CNC(=O)N1CCN(S(=O)(=O)c2ccccc2C#N)CC1. The Labute approximate surface area is 123 Å². The molecule has 0 saturated carbocycles. The van der Waals surface area contributed by atoms with Crippen molar-refractivity contribution >= 4 is 16.1 Å². The molecule has 0 aliphatic carbocycles. The molecule has 2 rings (SSSR count). The first-order valence-electron chi connectivity index (χ1n) is 6.46. The predicted octanol–water partition coefficient (Wildman–Crippen LogP) is 0.204. The number of nitriles is 1. The number of nitrogens with one attached hydrogen (secondary N) is 1. The lowest BCUT2D eigenvalue weighted by atomic mass is 10.2. The first-order valence-corrected chi connectivity index (χ1v) is 7.90. The third kappa shape index (κ3) is 2.99. The summed E-state index contributed by atoms with van der Waals surface area (Å²) in [4.78, 5) is 13.1. The molecule has 1 N–H and O–H groups in total. The average Bonchev–Trinajstić information content (AvgIpc) is 2.54. The largest absolute Gasteiger partial charge is 0.341 e. The number of piperazine rings is 1. The fraction of sp³-hybridized carbons (Fsp3) is 0.385. The van der Waals surface area contributed by atoms with E-state index in [1.54, 1.807) is 17.0 Å². The second-order valence-corrected chi connectivity index (χ2v) is 6.46. The van der Waals surface area contributed by atoms with Crippen molar-refractivity contribution < 1.29 is 13.2 Å². The number of benzene rings is 1. The van der Waals surface area contributed by atoms with Gasteiger partial charge in [-0.05, 0) is 12.1 Å². The molecule has 1 aromatic rings. The second-order valence-electron chi connectivity index (χ2n) is 4.55. The zero-order valence-corrected chi connectivity index (χ0v) is 12.4. The van der Waals surface area contributed by atoms with Gasteiger partial charge in [0.1, 0.15) is 6.07 Å². The van der Waals surface area contributed by atoms with Gasteiger partial charge in [-0.15, -0.1) is 0 Å². The van der Waals surface area contributed by atoms with Gasteiger partial charge in [-0.25, -0.2) is 13.2 Å². The standard InChI is InChI=1S/C13H16N4O3S/c1-15-13(18)16-6-8-17(9-7-16)21(19,20)12-5-3-2-4-11(12)10-14/h2-5H,6-9H2,1H3,(H,15,18). The molecule has 0 bridgehead atoms. The Morgan fingerprint density at radius 1 is 1.24 bits per heavy atom. The highest BCUT2D eigenvalue weighted by Gasteiger charge is 2.31. The van der Waals surface area contributed by atoms with Crippen molar-refractivity contribution in [2.45, 2.75) is 4.90 Å². The van der Waals surface area contributed by atoms with Crippen LogP contribution in [0.25, 0.3) is 0 Å². The number of hydrogen-bond donors (Lipinski definition) is 1. The van der Waals surface area contributed by atoms with Gasteiger partial charge in [0.2, 0.25) is 10.0 Å². The molecule has 1 heterocycles. The van der Waals surface area contributed by atoms with E-state index < -0.39 is 10.0 Å². The van der Waals surface area contributed by atoms with Crippen molar-refractivity contribution in [3.8, 4) is 6.07 Å². The summed E-state index contributed by atoms with van der Waals surface area (Å²) in [6, 6.07) is 7.81. The van der Waals surface area contributed by atoms with E-state index in [4.69, 9.17) is 5.26 Å². The summed E-state index contributed by atoms with van der Waals surface area (Å²) in [6.07, 6.45) is 0. The fourth-order valence-corrected chi connectivity index (χ4v) is 3.78. The molecule has 2 amide bonds. The van der Waals surface area contributed by atoms with Crippen LogP contribution >= 0.6 is 0 Å². The van der Waals surface area contributed by atoms with Crippen LogP contribution in [0.5, 0.6) is 0 Å². The van der Waals surface area contributed by atoms with Crippen molar-refractivity contribution in [2.24, 2.45) is 0 Å².